The maximum absolute atomic E-state index is 11.3. The van der Waals surface area contributed by atoms with Crippen molar-refractivity contribution in [2.24, 2.45) is 0 Å². The van der Waals surface area contributed by atoms with Gasteiger partial charge in [-0.1, -0.05) is 39.2 Å². The largest absolute Gasteiger partial charge is 0.490 e. The summed E-state index contributed by atoms with van der Waals surface area (Å²) >= 11 is 0. The minimum absolute atomic E-state index is 0.409. The average molecular weight is 320 g/mol. The highest BCUT2D eigenvalue weighted by Crippen LogP contribution is 2.30. The third-order valence-corrected chi connectivity index (χ3v) is 3.41. The van der Waals surface area contributed by atoms with Crippen LogP contribution in [0.5, 0.6) is 11.5 Å². The van der Waals surface area contributed by atoms with Gasteiger partial charge in [-0.25, -0.2) is 4.79 Å². The number of carboxylic acids is 1. The summed E-state index contributed by atoms with van der Waals surface area (Å²) in [5.74, 6) is 0.510. The number of hydrogen-bond donors (Lipinski definition) is 1. The molecule has 4 heteroatoms. The molecule has 0 radical (unpaired) electrons. The Morgan fingerprint density at radius 3 is 2.48 bits per heavy atom. The molecule has 0 aliphatic heterocycles. The summed E-state index contributed by atoms with van der Waals surface area (Å²) in [6.07, 6.45) is 6.37. The predicted octanol–water partition coefficient (Wildman–Crippen LogP) is 4.92. The van der Waals surface area contributed by atoms with Crippen LogP contribution in [0.25, 0.3) is 6.08 Å². The van der Waals surface area contributed by atoms with Gasteiger partial charge in [0.1, 0.15) is 0 Å². The van der Waals surface area contributed by atoms with E-state index >= 15 is 0 Å². The van der Waals surface area contributed by atoms with Crippen molar-refractivity contribution < 1.29 is 19.4 Å². The van der Waals surface area contributed by atoms with Gasteiger partial charge in [-0.15, -0.1) is 0 Å². The van der Waals surface area contributed by atoms with Gasteiger partial charge < -0.3 is 14.6 Å². The number of carbonyl (C=O) groups is 1. The second kappa shape index (κ2) is 10.7. The second-order valence-electron chi connectivity index (χ2n) is 5.42. The van der Waals surface area contributed by atoms with Crippen LogP contribution in [0.4, 0.5) is 0 Å². The van der Waals surface area contributed by atoms with E-state index in [1.807, 2.05) is 32.0 Å². The molecule has 0 aliphatic rings. The lowest BCUT2D eigenvalue weighted by Gasteiger charge is -2.13. The van der Waals surface area contributed by atoms with E-state index in [9.17, 15) is 9.90 Å². The zero-order valence-electron chi connectivity index (χ0n) is 14.4. The molecule has 0 aliphatic carbocycles. The number of rotatable bonds is 11. The number of ether oxygens (including phenoxy) is 2. The van der Waals surface area contributed by atoms with Gasteiger partial charge >= 0.3 is 5.97 Å². The Hall–Kier alpha value is -1.97. The zero-order chi connectivity index (χ0) is 17.1. The van der Waals surface area contributed by atoms with Gasteiger partial charge in [0.05, 0.1) is 13.2 Å². The molecule has 0 fully saturated rings. The summed E-state index contributed by atoms with van der Waals surface area (Å²) < 4.78 is 11.4. The molecule has 0 unspecified atom stereocenters. The number of benzene rings is 1. The lowest BCUT2D eigenvalue weighted by Crippen LogP contribution is -2.02. The van der Waals surface area contributed by atoms with Gasteiger partial charge in [0.2, 0.25) is 0 Å². The van der Waals surface area contributed by atoms with Crippen LogP contribution >= 0.6 is 0 Å². The van der Waals surface area contributed by atoms with Crippen molar-refractivity contribution in [2.75, 3.05) is 13.2 Å². The molecule has 4 nitrogen and oxygen atoms in total. The van der Waals surface area contributed by atoms with E-state index in [0.717, 1.165) is 31.2 Å². The van der Waals surface area contributed by atoms with E-state index in [2.05, 4.69) is 6.92 Å². The van der Waals surface area contributed by atoms with E-state index in [0.29, 0.717) is 36.7 Å². The summed E-state index contributed by atoms with van der Waals surface area (Å²) in [7, 11) is 0. The van der Waals surface area contributed by atoms with Gasteiger partial charge in [0.15, 0.2) is 11.5 Å². The molecule has 0 aromatic heterocycles. The highest BCUT2D eigenvalue weighted by atomic mass is 16.5. The fourth-order valence-corrected chi connectivity index (χ4v) is 2.25. The lowest BCUT2D eigenvalue weighted by molar-refractivity contribution is -0.132. The molecule has 0 saturated heterocycles. The Bertz CT molecular complexity index is 520. The standard InChI is InChI=1S/C19H28O4/c1-4-7-8-12-23-17-11-10-15(14-18(17)22-6-3)13-16(9-5-2)19(20)21/h10-11,13-14H,4-9,12H2,1-3H3,(H,20,21)/b16-13+. The molecule has 128 valence electrons. The Kier molecular flexibility index (Phi) is 8.88. The van der Waals surface area contributed by atoms with E-state index in [4.69, 9.17) is 9.47 Å². The van der Waals surface area contributed by atoms with Crippen LogP contribution in [0.2, 0.25) is 0 Å². The molecule has 0 heterocycles. The molecule has 0 amide bonds. The monoisotopic (exact) mass is 320 g/mol. The molecule has 0 bridgehead atoms. The third kappa shape index (κ3) is 6.76. The van der Waals surface area contributed by atoms with E-state index in [-0.39, 0.29) is 0 Å². The molecular formula is C19H28O4. The average Bonchev–Trinajstić information content (AvgIpc) is 2.53. The fraction of sp³-hybridized carbons (Fsp3) is 0.526. The Morgan fingerprint density at radius 2 is 1.87 bits per heavy atom. The number of unbranched alkanes of at least 4 members (excludes halogenated alkanes) is 2. The first-order valence-corrected chi connectivity index (χ1v) is 8.45. The van der Waals surface area contributed by atoms with Gasteiger partial charge in [-0.05, 0) is 43.5 Å². The number of carboxylic acid groups (broad SMARTS) is 1. The van der Waals surface area contributed by atoms with Crippen molar-refractivity contribution in [3.8, 4) is 11.5 Å². The third-order valence-electron chi connectivity index (χ3n) is 3.41. The van der Waals surface area contributed by atoms with Crippen LogP contribution in [0.15, 0.2) is 23.8 Å². The summed E-state index contributed by atoms with van der Waals surface area (Å²) in [6.45, 7) is 7.25. The van der Waals surface area contributed by atoms with Crippen LogP contribution in [-0.4, -0.2) is 24.3 Å². The van der Waals surface area contributed by atoms with E-state index in [1.54, 1.807) is 6.08 Å². The molecule has 0 atom stereocenters. The van der Waals surface area contributed by atoms with Gasteiger partial charge in [-0.2, -0.15) is 0 Å². The van der Waals surface area contributed by atoms with Crippen LogP contribution < -0.4 is 9.47 Å². The zero-order valence-corrected chi connectivity index (χ0v) is 14.4. The van der Waals surface area contributed by atoms with Gasteiger partial charge in [-0.3, -0.25) is 0 Å². The first kappa shape index (κ1) is 19.1. The second-order valence-corrected chi connectivity index (χ2v) is 5.42. The minimum atomic E-state index is -0.871. The summed E-state index contributed by atoms with van der Waals surface area (Å²) in [6, 6.07) is 5.57. The molecule has 0 saturated carbocycles. The number of hydrogen-bond acceptors (Lipinski definition) is 3. The van der Waals surface area contributed by atoms with Crippen molar-refractivity contribution in [1.82, 2.24) is 0 Å². The summed E-state index contributed by atoms with van der Waals surface area (Å²) in [4.78, 5) is 11.3. The highest BCUT2D eigenvalue weighted by Gasteiger charge is 2.09. The minimum Gasteiger partial charge on any atom is -0.490 e. The topological polar surface area (TPSA) is 55.8 Å². The van der Waals surface area contributed by atoms with Crippen molar-refractivity contribution in [3.05, 3.63) is 29.3 Å². The molecule has 1 rings (SSSR count). The first-order valence-electron chi connectivity index (χ1n) is 8.45. The smallest absolute Gasteiger partial charge is 0.331 e. The first-order chi connectivity index (χ1) is 11.1. The van der Waals surface area contributed by atoms with Gasteiger partial charge in [0.25, 0.3) is 0 Å². The molecule has 23 heavy (non-hydrogen) atoms. The van der Waals surface area contributed by atoms with Crippen molar-refractivity contribution >= 4 is 12.0 Å². The van der Waals surface area contributed by atoms with Crippen LogP contribution in [0.1, 0.15) is 58.4 Å². The van der Waals surface area contributed by atoms with E-state index < -0.39 is 5.97 Å². The summed E-state index contributed by atoms with van der Waals surface area (Å²) in [5, 5.41) is 9.24. The fourth-order valence-electron chi connectivity index (χ4n) is 2.25. The van der Waals surface area contributed by atoms with Crippen LogP contribution in [0.3, 0.4) is 0 Å². The number of aliphatic carboxylic acids is 1. The normalized spacial score (nSPS) is 11.3. The maximum atomic E-state index is 11.3. The Morgan fingerprint density at radius 1 is 1.09 bits per heavy atom. The molecular weight excluding hydrogens is 292 g/mol. The molecule has 0 spiro atoms. The SMILES string of the molecule is CCCCCOc1ccc(/C=C(\CCC)C(=O)O)cc1OCC. The lowest BCUT2D eigenvalue weighted by atomic mass is 10.1. The van der Waals surface area contributed by atoms with Crippen LogP contribution in [0, 0.1) is 0 Å². The highest BCUT2D eigenvalue weighted by molar-refractivity contribution is 5.92. The van der Waals surface area contributed by atoms with Crippen molar-refractivity contribution in [1.29, 1.82) is 0 Å². The van der Waals surface area contributed by atoms with Crippen molar-refractivity contribution in [3.63, 3.8) is 0 Å². The van der Waals surface area contributed by atoms with Gasteiger partial charge in [0, 0.05) is 5.57 Å². The Balaban J connectivity index is 2.92. The quantitative estimate of drug-likeness (QED) is 0.464. The Labute approximate surface area is 139 Å². The molecule has 1 aromatic carbocycles. The molecule has 1 aromatic rings. The maximum Gasteiger partial charge on any atom is 0.331 e. The van der Waals surface area contributed by atoms with E-state index in [1.165, 1.54) is 0 Å². The summed E-state index contributed by atoms with van der Waals surface area (Å²) in [5.41, 5.74) is 1.23. The van der Waals surface area contributed by atoms with Crippen molar-refractivity contribution in [2.45, 2.75) is 52.9 Å². The molecule has 1 N–H and O–H groups in total. The predicted molar refractivity (Wildman–Crippen MR) is 93.2 cm³/mol. The van der Waals surface area contributed by atoms with Crippen LogP contribution in [-0.2, 0) is 4.79 Å².